The molecule has 3 aromatic rings. The van der Waals surface area contributed by atoms with Crippen LogP contribution in [0.25, 0.3) is 0 Å². The summed E-state index contributed by atoms with van der Waals surface area (Å²) < 4.78 is 0. The van der Waals surface area contributed by atoms with E-state index >= 15 is 0 Å². The number of hydrogen-bond donors (Lipinski definition) is 2. The Morgan fingerprint density at radius 3 is 1.76 bits per heavy atom. The number of benzene rings is 3. The Labute approximate surface area is 195 Å². The van der Waals surface area contributed by atoms with Crippen LogP contribution in [-0.2, 0) is 11.2 Å². The third-order valence-electron chi connectivity index (χ3n) is 6.32. The maximum atomic E-state index is 12.5. The highest BCUT2D eigenvalue weighted by atomic mass is 16.2. The number of hydrogen-bond acceptors (Lipinski definition) is 3. The molecule has 0 spiro atoms. The van der Waals surface area contributed by atoms with Crippen LogP contribution in [0, 0.1) is 11.3 Å². The van der Waals surface area contributed by atoms with Crippen LogP contribution < -0.4 is 15.5 Å². The summed E-state index contributed by atoms with van der Waals surface area (Å²) in [5, 5.41) is 5.97. The Kier molecular flexibility index (Phi) is 6.23. The molecule has 1 unspecified atom stereocenters. The van der Waals surface area contributed by atoms with Gasteiger partial charge in [-0.1, -0.05) is 38.1 Å². The van der Waals surface area contributed by atoms with E-state index < -0.39 is 0 Å². The zero-order valence-corrected chi connectivity index (χ0v) is 19.7. The van der Waals surface area contributed by atoms with Gasteiger partial charge in [0.1, 0.15) is 0 Å². The number of nitrogens with one attached hydrogen (secondary N) is 2. The minimum atomic E-state index is -0.125. The first-order chi connectivity index (χ1) is 15.7. The van der Waals surface area contributed by atoms with Gasteiger partial charge >= 0.3 is 0 Å². The van der Waals surface area contributed by atoms with Crippen molar-refractivity contribution in [1.29, 1.82) is 0 Å². The molecule has 4 rings (SSSR count). The van der Waals surface area contributed by atoms with E-state index in [9.17, 15) is 9.59 Å². The van der Waals surface area contributed by atoms with Crippen molar-refractivity contribution < 1.29 is 9.59 Å². The fourth-order valence-electron chi connectivity index (χ4n) is 3.91. The van der Waals surface area contributed by atoms with Crippen molar-refractivity contribution in [2.24, 2.45) is 11.3 Å². The highest BCUT2D eigenvalue weighted by Gasteiger charge is 2.50. The molecule has 1 atom stereocenters. The van der Waals surface area contributed by atoms with Gasteiger partial charge in [-0.05, 0) is 77.9 Å². The topological polar surface area (TPSA) is 61.4 Å². The molecule has 3 aromatic carbocycles. The monoisotopic (exact) mass is 441 g/mol. The van der Waals surface area contributed by atoms with E-state index in [-0.39, 0.29) is 23.1 Å². The van der Waals surface area contributed by atoms with Crippen LogP contribution in [0.5, 0.6) is 0 Å². The van der Waals surface area contributed by atoms with E-state index in [0.717, 1.165) is 41.0 Å². The SMILES string of the molecule is CN(C)c1ccc(C(=O)Nc2ccc(Cc3ccc(NC(=O)C4CC4(C)C)cc3)cc2)cc1. The quantitative estimate of drug-likeness (QED) is 0.503. The van der Waals surface area contributed by atoms with Crippen molar-refractivity contribution in [2.75, 3.05) is 29.6 Å². The van der Waals surface area contributed by atoms with Crippen molar-refractivity contribution in [1.82, 2.24) is 0 Å². The summed E-state index contributed by atoms with van der Waals surface area (Å²) in [7, 11) is 3.94. The number of carbonyl (C=O) groups is 2. The van der Waals surface area contributed by atoms with Gasteiger partial charge in [0.05, 0.1) is 0 Å². The van der Waals surface area contributed by atoms with Crippen molar-refractivity contribution >= 4 is 28.9 Å². The standard InChI is InChI=1S/C28H31N3O2/c1-28(2)18-25(28)27(33)30-23-13-7-20(8-14-23)17-19-5-11-22(12-6-19)29-26(32)21-9-15-24(16-10-21)31(3)4/h5-16,25H,17-18H2,1-4H3,(H,29,32)(H,30,33). The average Bonchev–Trinajstić information content (AvgIpc) is 3.45. The molecule has 170 valence electrons. The minimum Gasteiger partial charge on any atom is -0.378 e. The molecule has 2 N–H and O–H groups in total. The van der Waals surface area contributed by atoms with E-state index in [4.69, 9.17) is 0 Å². The number of nitrogens with zero attached hydrogens (tertiary/aromatic N) is 1. The minimum absolute atomic E-state index is 0.110. The third-order valence-corrected chi connectivity index (χ3v) is 6.32. The lowest BCUT2D eigenvalue weighted by atomic mass is 10.0. The molecule has 1 aliphatic rings. The van der Waals surface area contributed by atoms with Gasteiger partial charge in [0.2, 0.25) is 5.91 Å². The summed E-state index contributed by atoms with van der Waals surface area (Å²) in [4.78, 5) is 26.8. The van der Waals surface area contributed by atoms with Crippen LogP contribution in [0.1, 0.15) is 41.8 Å². The van der Waals surface area contributed by atoms with Gasteiger partial charge in [-0.25, -0.2) is 0 Å². The molecule has 1 aliphatic carbocycles. The van der Waals surface area contributed by atoms with E-state index in [1.165, 1.54) is 0 Å². The van der Waals surface area contributed by atoms with Crippen LogP contribution in [0.15, 0.2) is 72.8 Å². The number of anilines is 3. The molecule has 33 heavy (non-hydrogen) atoms. The molecule has 0 bridgehead atoms. The van der Waals surface area contributed by atoms with Gasteiger partial charge < -0.3 is 15.5 Å². The Hall–Kier alpha value is -3.60. The van der Waals surface area contributed by atoms with Crippen molar-refractivity contribution in [3.63, 3.8) is 0 Å². The fraction of sp³-hybridized carbons (Fsp3) is 0.286. The summed E-state index contributed by atoms with van der Waals surface area (Å²) in [6.07, 6.45) is 1.74. The second kappa shape index (κ2) is 9.10. The highest BCUT2D eigenvalue weighted by Crippen LogP contribution is 2.51. The van der Waals surface area contributed by atoms with Gasteiger partial charge in [-0.2, -0.15) is 0 Å². The molecule has 0 saturated heterocycles. The predicted molar refractivity (Wildman–Crippen MR) is 135 cm³/mol. The predicted octanol–water partition coefficient (Wildman–Crippen LogP) is 5.58. The van der Waals surface area contributed by atoms with Gasteiger partial charge in [0.15, 0.2) is 0 Å². The van der Waals surface area contributed by atoms with E-state index in [0.29, 0.717) is 5.56 Å². The summed E-state index contributed by atoms with van der Waals surface area (Å²) in [5.74, 6) is 0.105. The second-order valence-corrected chi connectivity index (χ2v) is 9.70. The highest BCUT2D eigenvalue weighted by molar-refractivity contribution is 6.04. The van der Waals surface area contributed by atoms with Crippen LogP contribution in [0.4, 0.5) is 17.1 Å². The maximum Gasteiger partial charge on any atom is 0.255 e. The van der Waals surface area contributed by atoms with E-state index in [1.54, 1.807) is 0 Å². The lowest BCUT2D eigenvalue weighted by Crippen LogP contribution is -2.16. The molecular formula is C28H31N3O2. The zero-order chi connectivity index (χ0) is 23.6. The first-order valence-electron chi connectivity index (χ1n) is 11.3. The molecule has 5 nitrogen and oxygen atoms in total. The Balaban J connectivity index is 1.31. The first-order valence-corrected chi connectivity index (χ1v) is 11.3. The summed E-state index contributed by atoms with van der Waals surface area (Å²) in [5.41, 5.74) is 5.73. The summed E-state index contributed by atoms with van der Waals surface area (Å²) >= 11 is 0. The average molecular weight is 442 g/mol. The van der Waals surface area contributed by atoms with Crippen molar-refractivity contribution in [2.45, 2.75) is 26.7 Å². The molecule has 0 aromatic heterocycles. The van der Waals surface area contributed by atoms with E-state index in [2.05, 4.69) is 24.5 Å². The maximum absolute atomic E-state index is 12.5. The first kappa shape index (κ1) is 22.6. The number of rotatable bonds is 7. The molecule has 2 amide bonds. The molecule has 0 radical (unpaired) electrons. The fourth-order valence-corrected chi connectivity index (χ4v) is 3.91. The Morgan fingerprint density at radius 2 is 1.30 bits per heavy atom. The molecule has 0 aliphatic heterocycles. The zero-order valence-electron chi connectivity index (χ0n) is 19.7. The summed E-state index contributed by atoms with van der Waals surface area (Å²) in [6, 6.07) is 23.4. The van der Waals surface area contributed by atoms with Crippen LogP contribution in [0.2, 0.25) is 0 Å². The van der Waals surface area contributed by atoms with Crippen LogP contribution in [-0.4, -0.2) is 25.9 Å². The molecular weight excluding hydrogens is 410 g/mol. The van der Waals surface area contributed by atoms with Crippen LogP contribution >= 0.6 is 0 Å². The normalized spacial score (nSPS) is 16.1. The van der Waals surface area contributed by atoms with Crippen molar-refractivity contribution in [3.8, 4) is 0 Å². The lowest BCUT2D eigenvalue weighted by molar-refractivity contribution is -0.118. The smallest absolute Gasteiger partial charge is 0.255 e. The van der Waals surface area contributed by atoms with Gasteiger partial charge in [-0.15, -0.1) is 0 Å². The molecule has 0 heterocycles. The van der Waals surface area contributed by atoms with Gasteiger partial charge in [0, 0.05) is 42.6 Å². The van der Waals surface area contributed by atoms with Crippen molar-refractivity contribution in [3.05, 3.63) is 89.5 Å². The Bertz CT molecular complexity index is 1130. The van der Waals surface area contributed by atoms with Crippen LogP contribution in [0.3, 0.4) is 0 Å². The Morgan fingerprint density at radius 1 is 0.818 bits per heavy atom. The number of carbonyl (C=O) groups excluding carboxylic acids is 2. The number of amides is 2. The second-order valence-electron chi connectivity index (χ2n) is 9.70. The molecule has 1 saturated carbocycles. The van der Waals surface area contributed by atoms with E-state index in [1.807, 2.05) is 91.8 Å². The lowest BCUT2D eigenvalue weighted by Gasteiger charge is -2.12. The van der Waals surface area contributed by atoms with Gasteiger partial charge in [-0.3, -0.25) is 9.59 Å². The molecule has 5 heteroatoms. The summed E-state index contributed by atoms with van der Waals surface area (Å²) in [6.45, 7) is 4.25. The largest absolute Gasteiger partial charge is 0.378 e. The molecule has 1 fully saturated rings. The van der Waals surface area contributed by atoms with Gasteiger partial charge in [0.25, 0.3) is 5.91 Å². The third kappa shape index (κ3) is 5.61.